The van der Waals surface area contributed by atoms with E-state index < -0.39 is 15.9 Å². The quantitative estimate of drug-likeness (QED) is 0.640. The van der Waals surface area contributed by atoms with Gasteiger partial charge in [-0.1, -0.05) is 6.07 Å². The van der Waals surface area contributed by atoms with E-state index in [1.165, 1.54) is 46.4 Å². The van der Waals surface area contributed by atoms with Gasteiger partial charge < -0.3 is 10.6 Å². The van der Waals surface area contributed by atoms with E-state index in [2.05, 4.69) is 21.1 Å². The number of urea groups is 1. The van der Waals surface area contributed by atoms with Gasteiger partial charge in [0, 0.05) is 16.6 Å². The van der Waals surface area contributed by atoms with Crippen molar-refractivity contribution in [3.8, 4) is 0 Å². The summed E-state index contributed by atoms with van der Waals surface area (Å²) in [5, 5.41) is 12.4. The Balaban J connectivity index is 1.41. The fourth-order valence-electron chi connectivity index (χ4n) is 4.96. The molecule has 0 aliphatic heterocycles. The number of amides is 2. The zero-order valence-electron chi connectivity index (χ0n) is 17.2. The average Bonchev–Trinajstić information content (AvgIpc) is 3.12. The normalized spacial score (nSPS) is 20.3. The molecule has 160 valence electrons. The standard InChI is InChI=1S/C22H28N4O2S2/c1-24-20(13-8-9-13)18-10-11-19(29-18)30(23,28)26-22(27)25-21-16-6-2-4-14(16)12-15-5-3-7-17(15)21/h10-13,20,24H,2-9H2,1H3,(H3,23,25,26,27,28). The molecule has 1 fully saturated rings. The number of fused-ring (bicyclic) bond motifs is 2. The third-order valence-electron chi connectivity index (χ3n) is 6.52. The van der Waals surface area contributed by atoms with E-state index in [-0.39, 0.29) is 6.04 Å². The second-order valence-corrected chi connectivity index (χ2v) is 11.7. The van der Waals surface area contributed by atoms with Crippen LogP contribution in [-0.4, -0.2) is 17.3 Å². The van der Waals surface area contributed by atoms with E-state index in [0.717, 1.165) is 49.1 Å². The molecule has 8 heteroatoms. The maximum Gasteiger partial charge on any atom is 0.354 e. The number of thiophene rings is 1. The largest absolute Gasteiger partial charge is 0.354 e. The Bertz CT molecular complexity index is 1090. The Morgan fingerprint density at radius 3 is 2.43 bits per heavy atom. The second kappa shape index (κ2) is 7.75. The van der Waals surface area contributed by atoms with E-state index in [4.69, 9.17) is 5.14 Å². The van der Waals surface area contributed by atoms with Crippen molar-refractivity contribution in [2.75, 3.05) is 12.4 Å². The molecular formula is C22H28N4O2S2. The smallest absolute Gasteiger partial charge is 0.312 e. The molecule has 0 radical (unpaired) electrons. The fourth-order valence-corrected chi connectivity index (χ4v) is 7.43. The summed E-state index contributed by atoms with van der Waals surface area (Å²) in [6.07, 6.45) is 8.68. The summed E-state index contributed by atoms with van der Waals surface area (Å²) in [5.74, 6) is 0.623. The molecule has 3 aliphatic carbocycles. The summed E-state index contributed by atoms with van der Waals surface area (Å²) < 4.78 is 17.5. The van der Waals surface area contributed by atoms with Crippen LogP contribution in [0.3, 0.4) is 0 Å². The van der Waals surface area contributed by atoms with Crippen molar-refractivity contribution in [3.05, 3.63) is 45.3 Å². The first-order valence-corrected chi connectivity index (χ1v) is 13.1. The minimum Gasteiger partial charge on any atom is -0.312 e. The summed E-state index contributed by atoms with van der Waals surface area (Å²) in [7, 11) is -1.34. The predicted molar refractivity (Wildman–Crippen MR) is 121 cm³/mol. The highest BCUT2D eigenvalue weighted by Gasteiger charge is 2.32. The molecule has 0 bridgehead atoms. The molecule has 2 aromatic rings. The van der Waals surface area contributed by atoms with Crippen molar-refractivity contribution in [3.63, 3.8) is 0 Å². The highest BCUT2D eigenvalue weighted by atomic mass is 32.2. The van der Waals surface area contributed by atoms with Crippen molar-refractivity contribution in [2.45, 2.75) is 61.6 Å². The molecule has 1 aromatic heterocycles. The Morgan fingerprint density at radius 1 is 1.17 bits per heavy atom. The van der Waals surface area contributed by atoms with Gasteiger partial charge >= 0.3 is 6.03 Å². The molecule has 2 unspecified atom stereocenters. The summed E-state index contributed by atoms with van der Waals surface area (Å²) in [5.41, 5.74) is 6.02. The lowest BCUT2D eigenvalue weighted by molar-refractivity contribution is 0.260. The van der Waals surface area contributed by atoms with Gasteiger partial charge in [0.15, 0.2) is 9.92 Å². The van der Waals surface area contributed by atoms with E-state index in [0.29, 0.717) is 10.1 Å². The molecular weight excluding hydrogens is 416 g/mol. The van der Waals surface area contributed by atoms with Gasteiger partial charge in [-0.3, -0.25) is 0 Å². The van der Waals surface area contributed by atoms with Crippen LogP contribution in [0.15, 0.2) is 26.8 Å². The number of nitrogens with two attached hydrogens (primary N) is 1. The van der Waals surface area contributed by atoms with Gasteiger partial charge in [0.2, 0.25) is 0 Å². The number of benzene rings is 1. The van der Waals surface area contributed by atoms with Gasteiger partial charge in [0.1, 0.15) is 4.21 Å². The zero-order valence-corrected chi connectivity index (χ0v) is 18.8. The summed E-state index contributed by atoms with van der Waals surface area (Å²) >= 11 is 1.39. The highest BCUT2D eigenvalue weighted by Crippen LogP contribution is 2.43. The van der Waals surface area contributed by atoms with Gasteiger partial charge in [-0.2, -0.15) is 0 Å². The first kappa shape index (κ1) is 20.2. The number of rotatable bonds is 5. The minimum atomic E-state index is -3.28. The first-order chi connectivity index (χ1) is 14.5. The molecule has 2 atom stereocenters. The third-order valence-corrected chi connectivity index (χ3v) is 9.60. The van der Waals surface area contributed by atoms with Crippen molar-refractivity contribution < 1.29 is 9.00 Å². The molecule has 0 saturated heterocycles. The first-order valence-electron chi connectivity index (χ1n) is 10.8. The van der Waals surface area contributed by atoms with Crippen LogP contribution in [0.25, 0.3) is 0 Å². The number of anilines is 1. The Morgan fingerprint density at radius 2 is 1.83 bits per heavy atom. The van der Waals surface area contributed by atoms with E-state index >= 15 is 0 Å². The molecule has 1 aromatic carbocycles. The van der Waals surface area contributed by atoms with Crippen LogP contribution in [0.4, 0.5) is 10.5 Å². The van der Waals surface area contributed by atoms with Crippen LogP contribution in [0.5, 0.6) is 0 Å². The van der Waals surface area contributed by atoms with E-state index in [1.807, 2.05) is 13.1 Å². The van der Waals surface area contributed by atoms with Crippen molar-refractivity contribution in [1.29, 1.82) is 0 Å². The Kier molecular flexibility index (Phi) is 5.21. The monoisotopic (exact) mass is 444 g/mol. The average molecular weight is 445 g/mol. The van der Waals surface area contributed by atoms with Gasteiger partial charge in [-0.15, -0.1) is 15.7 Å². The highest BCUT2D eigenvalue weighted by molar-refractivity contribution is 7.93. The number of hydrogen-bond acceptors (Lipinski definition) is 4. The molecule has 0 spiro atoms. The maximum absolute atomic E-state index is 13.1. The summed E-state index contributed by atoms with van der Waals surface area (Å²) in [6, 6.07) is 5.66. The molecule has 5 rings (SSSR count). The molecule has 1 heterocycles. The number of hydrogen-bond donors (Lipinski definition) is 3. The summed E-state index contributed by atoms with van der Waals surface area (Å²) in [4.78, 5) is 13.9. The number of carbonyl (C=O) groups excluding carboxylic acids is 1. The zero-order chi connectivity index (χ0) is 20.9. The summed E-state index contributed by atoms with van der Waals surface area (Å²) in [6.45, 7) is 0. The molecule has 3 aliphatic rings. The molecule has 30 heavy (non-hydrogen) atoms. The van der Waals surface area contributed by atoms with Gasteiger partial charge in [-0.05, 0) is 98.7 Å². The lowest BCUT2D eigenvalue weighted by atomic mass is 9.99. The lowest BCUT2D eigenvalue weighted by Crippen LogP contribution is -2.18. The predicted octanol–water partition coefficient (Wildman–Crippen LogP) is 4.33. The van der Waals surface area contributed by atoms with Gasteiger partial charge in [-0.25, -0.2) is 14.1 Å². The van der Waals surface area contributed by atoms with Crippen LogP contribution >= 0.6 is 11.3 Å². The number of nitrogens with one attached hydrogen (secondary N) is 2. The van der Waals surface area contributed by atoms with Crippen molar-refractivity contribution >= 4 is 33.0 Å². The Hall–Kier alpha value is -1.74. The number of aryl methyl sites for hydroxylation is 2. The molecule has 6 nitrogen and oxygen atoms in total. The maximum atomic E-state index is 13.1. The van der Waals surface area contributed by atoms with Crippen LogP contribution in [0.2, 0.25) is 0 Å². The third kappa shape index (κ3) is 3.70. The number of carbonyl (C=O) groups is 1. The van der Waals surface area contributed by atoms with Crippen LogP contribution in [0.1, 0.15) is 58.9 Å². The van der Waals surface area contributed by atoms with Crippen LogP contribution < -0.4 is 15.8 Å². The second-order valence-electron chi connectivity index (χ2n) is 8.58. The molecule has 1 saturated carbocycles. The molecule has 4 N–H and O–H groups in total. The van der Waals surface area contributed by atoms with E-state index in [9.17, 15) is 9.00 Å². The van der Waals surface area contributed by atoms with Crippen LogP contribution in [0, 0.1) is 5.92 Å². The van der Waals surface area contributed by atoms with Crippen molar-refractivity contribution in [2.24, 2.45) is 15.4 Å². The number of nitrogens with zero attached hydrogens (tertiary/aromatic N) is 1. The van der Waals surface area contributed by atoms with E-state index in [1.54, 1.807) is 6.07 Å². The Labute approximate surface area is 182 Å². The SMILES string of the molecule is CNC(c1ccc(S(N)(=O)=NC(=O)Nc2c3c(cc4c2CCC4)CCC3)s1)C1CC1. The molecule has 2 amide bonds. The topological polar surface area (TPSA) is 96.6 Å². The minimum absolute atomic E-state index is 0.252. The lowest BCUT2D eigenvalue weighted by Gasteiger charge is -2.15. The van der Waals surface area contributed by atoms with Gasteiger partial charge in [0.25, 0.3) is 0 Å². The van der Waals surface area contributed by atoms with Crippen molar-refractivity contribution in [1.82, 2.24) is 5.32 Å². The van der Waals surface area contributed by atoms with Crippen LogP contribution in [-0.2, 0) is 35.6 Å². The fraction of sp³-hybridized carbons (Fsp3) is 0.500. The van der Waals surface area contributed by atoms with Gasteiger partial charge in [0.05, 0.1) is 0 Å².